The summed E-state index contributed by atoms with van der Waals surface area (Å²) in [4.78, 5) is 27.7. The number of benzene rings is 1. The molecule has 2 saturated heterocycles. The highest BCUT2D eigenvalue weighted by molar-refractivity contribution is 6.24. The van der Waals surface area contributed by atoms with Gasteiger partial charge in [-0.25, -0.2) is 4.79 Å². The summed E-state index contributed by atoms with van der Waals surface area (Å²) >= 11 is 6.08. The van der Waals surface area contributed by atoms with Gasteiger partial charge in [-0.2, -0.15) is 0 Å². The number of halogens is 1. The third kappa shape index (κ3) is 4.50. The fourth-order valence-electron chi connectivity index (χ4n) is 3.56. The molecule has 0 saturated carbocycles. The molecule has 0 spiro atoms. The minimum absolute atomic E-state index is 0.0865. The summed E-state index contributed by atoms with van der Waals surface area (Å²) in [5, 5.41) is -0.0978. The number of rotatable bonds is 2. The number of anilines is 1. The van der Waals surface area contributed by atoms with E-state index in [0.717, 1.165) is 18.5 Å². The van der Waals surface area contributed by atoms with E-state index in [-0.39, 0.29) is 17.4 Å². The summed E-state index contributed by atoms with van der Waals surface area (Å²) in [6.45, 7) is 7.65. The van der Waals surface area contributed by atoms with Gasteiger partial charge < -0.3 is 14.5 Å². The summed E-state index contributed by atoms with van der Waals surface area (Å²) < 4.78 is 5.45. The molecule has 3 rings (SSSR count). The second kappa shape index (κ2) is 7.47. The van der Waals surface area contributed by atoms with Crippen LogP contribution in [0.2, 0.25) is 0 Å². The first-order valence-corrected chi connectivity index (χ1v) is 9.69. The molecule has 0 N–H and O–H groups in total. The third-order valence-corrected chi connectivity index (χ3v) is 5.19. The molecule has 0 bridgehead atoms. The standard InChI is InChI=1S/C20H27ClN2O3/c1-20(2,3)26-19(25)22-10-8-15(9-11-22)14-4-6-17(7-5-14)23-13-16(21)12-18(23)24/h4-7,15-16H,8-13H2,1-3H3. The molecule has 2 heterocycles. The Balaban J connectivity index is 1.57. The third-order valence-electron chi connectivity index (χ3n) is 4.90. The summed E-state index contributed by atoms with van der Waals surface area (Å²) in [7, 11) is 0. The number of hydrogen-bond acceptors (Lipinski definition) is 3. The maximum Gasteiger partial charge on any atom is 0.410 e. The van der Waals surface area contributed by atoms with Gasteiger partial charge >= 0.3 is 6.09 Å². The van der Waals surface area contributed by atoms with Crippen molar-refractivity contribution in [3.8, 4) is 0 Å². The molecule has 142 valence electrons. The zero-order valence-corrected chi connectivity index (χ0v) is 16.5. The number of likely N-dealkylation sites (tertiary alicyclic amines) is 1. The number of ether oxygens (including phenoxy) is 1. The second-order valence-corrected chi connectivity index (χ2v) is 8.76. The molecule has 0 aromatic heterocycles. The summed E-state index contributed by atoms with van der Waals surface area (Å²) in [6, 6.07) is 8.20. The Bertz CT molecular complexity index is 661. The summed E-state index contributed by atoms with van der Waals surface area (Å²) in [5.41, 5.74) is 1.71. The molecule has 1 aromatic carbocycles. The largest absolute Gasteiger partial charge is 0.444 e. The molecule has 1 aromatic rings. The van der Waals surface area contributed by atoms with Crippen LogP contribution in [0.15, 0.2) is 24.3 Å². The van der Waals surface area contributed by atoms with Gasteiger partial charge in [0.2, 0.25) is 5.91 Å². The second-order valence-electron chi connectivity index (χ2n) is 8.14. The topological polar surface area (TPSA) is 49.9 Å². The lowest BCUT2D eigenvalue weighted by Crippen LogP contribution is -2.41. The number of carbonyl (C=O) groups is 2. The van der Waals surface area contributed by atoms with Crippen molar-refractivity contribution in [1.82, 2.24) is 4.90 Å². The minimum atomic E-state index is -0.460. The van der Waals surface area contributed by atoms with E-state index >= 15 is 0 Å². The highest BCUT2D eigenvalue weighted by atomic mass is 35.5. The number of nitrogens with zero attached hydrogens (tertiary/aromatic N) is 2. The molecule has 2 fully saturated rings. The van der Waals surface area contributed by atoms with E-state index in [2.05, 4.69) is 12.1 Å². The average Bonchev–Trinajstić information content (AvgIpc) is 2.92. The molecule has 2 amide bonds. The molecule has 26 heavy (non-hydrogen) atoms. The van der Waals surface area contributed by atoms with Gasteiger partial charge in [0.1, 0.15) is 5.60 Å². The van der Waals surface area contributed by atoms with E-state index in [9.17, 15) is 9.59 Å². The van der Waals surface area contributed by atoms with E-state index < -0.39 is 5.60 Å². The number of carbonyl (C=O) groups excluding carboxylic acids is 2. The van der Waals surface area contributed by atoms with Crippen molar-refractivity contribution in [2.24, 2.45) is 0 Å². The van der Waals surface area contributed by atoms with E-state index in [1.165, 1.54) is 5.56 Å². The van der Waals surface area contributed by atoms with Crippen molar-refractivity contribution in [3.05, 3.63) is 29.8 Å². The number of alkyl halides is 1. The van der Waals surface area contributed by atoms with Crippen LogP contribution in [0.5, 0.6) is 0 Å². The molecule has 1 unspecified atom stereocenters. The highest BCUT2D eigenvalue weighted by Crippen LogP contribution is 2.31. The number of amides is 2. The van der Waals surface area contributed by atoms with Crippen molar-refractivity contribution < 1.29 is 14.3 Å². The van der Waals surface area contributed by atoms with Gasteiger partial charge in [0, 0.05) is 31.7 Å². The zero-order valence-electron chi connectivity index (χ0n) is 15.7. The Labute approximate surface area is 160 Å². The first-order chi connectivity index (χ1) is 12.2. The van der Waals surface area contributed by atoms with Crippen LogP contribution in [-0.4, -0.2) is 47.5 Å². The van der Waals surface area contributed by atoms with Crippen LogP contribution >= 0.6 is 11.6 Å². The lowest BCUT2D eigenvalue weighted by atomic mass is 9.89. The lowest BCUT2D eigenvalue weighted by Gasteiger charge is -2.33. The van der Waals surface area contributed by atoms with Crippen LogP contribution in [0, 0.1) is 0 Å². The van der Waals surface area contributed by atoms with Crippen molar-refractivity contribution in [3.63, 3.8) is 0 Å². The Morgan fingerprint density at radius 3 is 2.27 bits per heavy atom. The molecule has 2 aliphatic rings. The first-order valence-electron chi connectivity index (χ1n) is 9.25. The SMILES string of the molecule is CC(C)(C)OC(=O)N1CCC(c2ccc(N3CC(Cl)CC3=O)cc2)CC1. The van der Waals surface area contributed by atoms with Gasteiger partial charge in [0.15, 0.2) is 0 Å². The predicted octanol–water partition coefficient (Wildman–Crippen LogP) is 4.15. The van der Waals surface area contributed by atoms with Gasteiger partial charge in [-0.15, -0.1) is 11.6 Å². The van der Waals surface area contributed by atoms with E-state index in [4.69, 9.17) is 16.3 Å². The number of hydrogen-bond donors (Lipinski definition) is 0. The smallest absolute Gasteiger partial charge is 0.410 e. The fourth-order valence-corrected chi connectivity index (χ4v) is 3.83. The normalized spacial score (nSPS) is 22.0. The van der Waals surface area contributed by atoms with Crippen molar-refractivity contribution in [2.45, 2.75) is 56.9 Å². The highest BCUT2D eigenvalue weighted by Gasteiger charge is 2.30. The van der Waals surface area contributed by atoms with Gasteiger partial charge in [0.25, 0.3) is 0 Å². The molecule has 0 aliphatic carbocycles. The quantitative estimate of drug-likeness (QED) is 0.726. The predicted molar refractivity (Wildman–Crippen MR) is 103 cm³/mol. The van der Waals surface area contributed by atoms with Crippen molar-refractivity contribution in [2.75, 3.05) is 24.5 Å². The number of piperidine rings is 1. The van der Waals surface area contributed by atoms with Gasteiger partial charge in [-0.05, 0) is 57.2 Å². The molecular formula is C20H27ClN2O3. The van der Waals surface area contributed by atoms with Crippen molar-refractivity contribution >= 4 is 29.3 Å². The maximum atomic E-state index is 12.2. The van der Waals surface area contributed by atoms with Crippen LogP contribution in [0.4, 0.5) is 10.5 Å². The molecule has 0 radical (unpaired) electrons. The van der Waals surface area contributed by atoms with E-state index in [0.29, 0.717) is 32.0 Å². The lowest BCUT2D eigenvalue weighted by molar-refractivity contribution is -0.117. The Morgan fingerprint density at radius 2 is 1.77 bits per heavy atom. The molecule has 2 aliphatic heterocycles. The van der Waals surface area contributed by atoms with Gasteiger partial charge in [-0.1, -0.05) is 12.1 Å². The summed E-state index contributed by atoms with van der Waals surface area (Å²) in [5.74, 6) is 0.515. The molecule has 1 atom stereocenters. The fraction of sp³-hybridized carbons (Fsp3) is 0.600. The minimum Gasteiger partial charge on any atom is -0.444 e. The van der Waals surface area contributed by atoms with Gasteiger partial charge in [0.05, 0.1) is 5.38 Å². The van der Waals surface area contributed by atoms with Crippen LogP contribution in [0.25, 0.3) is 0 Å². The van der Waals surface area contributed by atoms with E-state index in [1.54, 1.807) is 9.80 Å². The van der Waals surface area contributed by atoms with Crippen LogP contribution < -0.4 is 4.90 Å². The maximum absolute atomic E-state index is 12.2. The summed E-state index contributed by atoms with van der Waals surface area (Å²) in [6.07, 6.45) is 2.03. The monoisotopic (exact) mass is 378 g/mol. The van der Waals surface area contributed by atoms with Crippen LogP contribution in [0.1, 0.15) is 51.5 Å². The Hall–Kier alpha value is -1.75. The van der Waals surface area contributed by atoms with Crippen LogP contribution in [-0.2, 0) is 9.53 Å². The zero-order chi connectivity index (χ0) is 18.9. The Kier molecular flexibility index (Phi) is 5.47. The van der Waals surface area contributed by atoms with Crippen LogP contribution in [0.3, 0.4) is 0 Å². The van der Waals surface area contributed by atoms with Gasteiger partial charge in [-0.3, -0.25) is 4.79 Å². The molecular weight excluding hydrogens is 352 g/mol. The Morgan fingerprint density at radius 1 is 1.15 bits per heavy atom. The van der Waals surface area contributed by atoms with E-state index in [1.807, 2.05) is 32.9 Å². The van der Waals surface area contributed by atoms with Crippen molar-refractivity contribution in [1.29, 1.82) is 0 Å². The molecule has 6 heteroatoms. The average molecular weight is 379 g/mol. The molecule has 5 nitrogen and oxygen atoms in total. The first kappa shape index (κ1) is 19.0.